The van der Waals surface area contributed by atoms with Gasteiger partial charge in [-0.15, -0.1) is 0 Å². The van der Waals surface area contributed by atoms with Gasteiger partial charge in [-0.2, -0.15) is 0 Å². The first kappa shape index (κ1) is 34.0. The smallest absolute Gasteiger partial charge is 0.258 e. The quantitative estimate of drug-likeness (QED) is 0.259. The molecule has 4 heterocycles. The largest absolute Gasteiger partial charge is 0.451 e. The Hall–Kier alpha value is -3.93. The summed E-state index contributed by atoms with van der Waals surface area (Å²) in [4.78, 5) is 37.1. The fraction of sp³-hybridized carbons (Fsp3) is 0.583. The van der Waals surface area contributed by atoms with Crippen LogP contribution in [0.5, 0.6) is 11.5 Å². The molecule has 6 rings (SSSR count). The minimum Gasteiger partial charge on any atom is -0.451 e. The molecule has 0 bridgehead atoms. The van der Waals surface area contributed by atoms with Crippen molar-refractivity contribution in [3.8, 4) is 11.5 Å². The number of ether oxygens (including phenoxy) is 1. The highest BCUT2D eigenvalue weighted by molar-refractivity contribution is 5.97. The molecule has 1 N–H and O–H groups in total. The van der Waals surface area contributed by atoms with Crippen LogP contribution in [-0.4, -0.2) is 86.5 Å². The van der Waals surface area contributed by atoms with Crippen LogP contribution < -0.4 is 15.0 Å². The Balaban J connectivity index is 1.03. The number of amides is 1. The third-order valence-corrected chi connectivity index (χ3v) is 10.4. The number of rotatable bonds is 10. The van der Waals surface area contributed by atoms with Crippen LogP contribution in [-0.2, 0) is 0 Å². The average Bonchev–Trinajstić information content (AvgIpc) is 3.53. The number of piperidine rings is 1. The molecular formula is C36H48F2N8O2. The summed E-state index contributed by atoms with van der Waals surface area (Å²) in [6, 6.07) is 4.29. The predicted molar refractivity (Wildman–Crippen MR) is 181 cm³/mol. The second kappa shape index (κ2) is 14.7. The van der Waals surface area contributed by atoms with Gasteiger partial charge in [-0.1, -0.05) is 0 Å². The SMILES string of the molecule is CC(C)N(C(=O)c1cc(F)ccc1Oc1cncnc1N1CCC(CN2CCC3(CCC(Nc4ncc(F)cn4)CC3)CC2)C1)C(C)C. The average molecular weight is 663 g/mol. The van der Waals surface area contributed by atoms with Gasteiger partial charge in [0.1, 0.15) is 17.9 Å². The van der Waals surface area contributed by atoms with E-state index >= 15 is 0 Å². The standard InChI is InChI=1S/C36H48F2N8O2/c1-24(2)46(25(3)4)34(47)30-17-27(37)5-6-31(30)48-32-20-39-23-42-33(32)45-14-9-26(22-45)21-44-15-12-36(13-16-44)10-7-29(8-11-36)43-35-40-18-28(38)19-41-35/h5-6,17-20,23-26,29H,7-16,21-22H2,1-4H3,(H,40,41,43). The molecular weight excluding hydrogens is 614 g/mol. The molecule has 1 aromatic carbocycles. The lowest BCUT2D eigenvalue weighted by molar-refractivity contribution is 0.0583. The van der Waals surface area contributed by atoms with Gasteiger partial charge in [0.25, 0.3) is 5.91 Å². The summed E-state index contributed by atoms with van der Waals surface area (Å²) >= 11 is 0. The summed E-state index contributed by atoms with van der Waals surface area (Å²) in [7, 11) is 0. The number of carbonyl (C=O) groups excluding carboxylic acids is 1. The molecule has 3 aliphatic rings. The van der Waals surface area contributed by atoms with Crippen molar-refractivity contribution in [3.05, 3.63) is 60.3 Å². The first-order chi connectivity index (χ1) is 23.1. The zero-order valence-electron chi connectivity index (χ0n) is 28.5. The lowest BCUT2D eigenvalue weighted by Crippen LogP contribution is -2.45. The molecule has 3 aromatic rings. The molecule has 2 aromatic heterocycles. The fourth-order valence-corrected chi connectivity index (χ4v) is 7.89. The van der Waals surface area contributed by atoms with Crippen molar-refractivity contribution in [3.63, 3.8) is 0 Å². The number of hydrogen-bond acceptors (Lipinski definition) is 9. The molecule has 1 spiro atoms. The van der Waals surface area contributed by atoms with E-state index in [2.05, 4.69) is 35.1 Å². The summed E-state index contributed by atoms with van der Waals surface area (Å²) in [5, 5.41) is 3.39. The van der Waals surface area contributed by atoms with Crippen molar-refractivity contribution in [2.45, 2.75) is 90.8 Å². The maximum Gasteiger partial charge on any atom is 0.258 e. The maximum atomic E-state index is 14.4. The van der Waals surface area contributed by atoms with Crippen LogP contribution in [0.3, 0.4) is 0 Å². The van der Waals surface area contributed by atoms with Gasteiger partial charge in [0.15, 0.2) is 17.4 Å². The van der Waals surface area contributed by atoms with Crippen LogP contribution >= 0.6 is 0 Å². The third-order valence-electron chi connectivity index (χ3n) is 10.4. The van der Waals surface area contributed by atoms with E-state index in [-0.39, 0.29) is 29.3 Å². The van der Waals surface area contributed by atoms with E-state index in [4.69, 9.17) is 4.74 Å². The molecule has 1 unspecified atom stereocenters. The van der Waals surface area contributed by atoms with Gasteiger partial charge in [-0.25, -0.2) is 28.7 Å². The van der Waals surface area contributed by atoms with Gasteiger partial charge in [-0.05, 0) is 115 Å². The predicted octanol–water partition coefficient (Wildman–Crippen LogP) is 6.56. The highest BCUT2D eigenvalue weighted by Crippen LogP contribution is 2.45. The fourth-order valence-electron chi connectivity index (χ4n) is 7.89. The second-order valence-electron chi connectivity index (χ2n) is 14.4. The number of nitrogens with one attached hydrogen (secondary N) is 1. The molecule has 1 amide bonds. The molecule has 10 nitrogen and oxygen atoms in total. The molecule has 2 saturated heterocycles. The van der Waals surface area contributed by atoms with E-state index in [0.29, 0.717) is 34.9 Å². The number of hydrogen-bond donors (Lipinski definition) is 1. The number of benzene rings is 1. The number of anilines is 2. The number of likely N-dealkylation sites (tertiary alicyclic amines) is 1. The zero-order valence-corrected chi connectivity index (χ0v) is 28.5. The molecule has 12 heteroatoms. The first-order valence-electron chi connectivity index (χ1n) is 17.4. The van der Waals surface area contributed by atoms with E-state index in [1.54, 1.807) is 11.1 Å². The van der Waals surface area contributed by atoms with E-state index < -0.39 is 11.6 Å². The Morgan fingerprint density at radius 2 is 1.65 bits per heavy atom. The Bertz CT molecular complexity index is 1530. The van der Waals surface area contributed by atoms with E-state index in [0.717, 1.165) is 52.0 Å². The first-order valence-corrected chi connectivity index (χ1v) is 17.4. The maximum absolute atomic E-state index is 14.4. The van der Waals surface area contributed by atoms with Crippen molar-refractivity contribution in [2.24, 2.45) is 11.3 Å². The molecule has 3 fully saturated rings. The topological polar surface area (TPSA) is 99.6 Å². The Morgan fingerprint density at radius 3 is 2.33 bits per heavy atom. The van der Waals surface area contributed by atoms with Crippen LogP contribution in [0.25, 0.3) is 0 Å². The van der Waals surface area contributed by atoms with Gasteiger partial charge in [-0.3, -0.25) is 4.79 Å². The molecule has 1 atom stereocenters. The van der Waals surface area contributed by atoms with Crippen molar-refractivity contribution in [2.75, 3.05) is 42.9 Å². The van der Waals surface area contributed by atoms with Crippen LogP contribution in [0.1, 0.15) is 83.0 Å². The van der Waals surface area contributed by atoms with Crippen LogP contribution in [0.15, 0.2) is 43.1 Å². The van der Waals surface area contributed by atoms with Gasteiger partial charge in [0, 0.05) is 37.8 Å². The molecule has 1 saturated carbocycles. The van der Waals surface area contributed by atoms with Gasteiger partial charge in [0.05, 0.1) is 24.2 Å². The van der Waals surface area contributed by atoms with Crippen LogP contribution in [0.4, 0.5) is 20.5 Å². The van der Waals surface area contributed by atoms with Crippen LogP contribution in [0, 0.1) is 23.0 Å². The van der Waals surface area contributed by atoms with Gasteiger partial charge < -0.3 is 24.8 Å². The summed E-state index contributed by atoms with van der Waals surface area (Å²) in [5.74, 6) is 1.26. The van der Waals surface area contributed by atoms with Crippen molar-refractivity contribution in [1.29, 1.82) is 0 Å². The minimum atomic E-state index is -0.490. The molecule has 0 radical (unpaired) electrons. The van der Waals surface area contributed by atoms with Crippen molar-refractivity contribution < 1.29 is 18.3 Å². The summed E-state index contributed by atoms with van der Waals surface area (Å²) in [5.41, 5.74) is 0.593. The molecule has 258 valence electrons. The Morgan fingerprint density at radius 1 is 0.938 bits per heavy atom. The van der Waals surface area contributed by atoms with Gasteiger partial charge in [0.2, 0.25) is 5.95 Å². The normalized spacial score (nSPS) is 20.1. The summed E-state index contributed by atoms with van der Waals surface area (Å²) < 4.78 is 33.9. The third kappa shape index (κ3) is 7.85. The van der Waals surface area contributed by atoms with Gasteiger partial charge >= 0.3 is 0 Å². The Kier molecular flexibility index (Phi) is 10.4. The number of nitrogens with zero attached hydrogens (tertiary/aromatic N) is 7. The summed E-state index contributed by atoms with van der Waals surface area (Å²) in [6.45, 7) is 12.8. The highest BCUT2D eigenvalue weighted by Gasteiger charge is 2.39. The lowest BCUT2D eigenvalue weighted by atomic mass is 9.67. The monoisotopic (exact) mass is 662 g/mol. The molecule has 1 aliphatic carbocycles. The Labute approximate surface area is 282 Å². The second-order valence-corrected chi connectivity index (χ2v) is 14.4. The van der Waals surface area contributed by atoms with Crippen molar-refractivity contribution in [1.82, 2.24) is 29.7 Å². The number of carbonyl (C=O) groups is 1. The lowest BCUT2D eigenvalue weighted by Gasteiger charge is -2.46. The van der Waals surface area contributed by atoms with E-state index in [9.17, 15) is 13.6 Å². The highest BCUT2D eigenvalue weighted by atomic mass is 19.1. The van der Waals surface area contributed by atoms with E-state index in [1.165, 1.54) is 62.6 Å². The van der Waals surface area contributed by atoms with Crippen molar-refractivity contribution >= 4 is 17.7 Å². The van der Waals surface area contributed by atoms with Crippen LogP contribution in [0.2, 0.25) is 0 Å². The van der Waals surface area contributed by atoms with E-state index in [1.807, 2.05) is 27.7 Å². The molecule has 2 aliphatic heterocycles. The zero-order chi connectivity index (χ0) is 33.8. The number of aromatic nitrogens is 4. The molecule has 48 heavy (non-hydrogen) atoms. The summed E-state index contributed by atoms with van der Waals surface area (Å²) in [6.07, 6.45) is 13.6. The number of halogens is 2. The minimum absolute atomic E-state index is 0.0573.